The average molecular weight is 420 g/mol. The van der Waals surface area contributed by atoms with Crippen LogP contribution in [-0.2, 0) is 12.8 Å². The molecule has 0 bridgehead atoms. The largest absolute Gasteiger partial charge is 0.496 e. The highest BCUT2D eigenvalue weighted by Gasteiger charge is 2.34. The monoisotopic (exact) mass is 419 g/mol. The summed E-state index contributed by atoms with van der Waals surface area (Å²) in [5, 5.41) is 3.64. The second kappa shape index (κ2) is 7.00. The van der Waals surface area contributed by atoms with Crippen LogP contribution in [0.1, 0.15) is 28.3 Å². The Balaban J connectivity index is 1.75. The van der Waals surface area contributed by atoms with Gasteiger partial charge in [-0.1, -0.05) is 12.1 Å². The predicted molar refractivity (Wildman–Crippen MR) is 103 cm³/mol. The predicted octanol–water partition coefficient (Wildman–Crippen LogP) is 3.93. The minimum Gasteiger partial charge on any atom is -0.496 e. The van der Waals surface area contributed by atoms with Crippen LogP contribution in [0.25, 0.3) is 0 Å². The van der Waals surface area contributed by atoms with Crippen molar-refractivity contribution in [3.63, 3.8) is 0 Å². The minimum absolute atomic E-state index is 0.146. The van der Waals surface area contributed by atoms with Gasteiger partial charge in [-0.25, -0.2) is 0 Å². The first kappa shape index (κ1) is 17.5. The number of methoxy groups -OCH3 is 2. The highest BCUT2D eigenvalue weighted by molar-refractivity contribution is 9.10. The second-order valence-electron chi connectivity index (χ2n) is 6.57. The third-order valence-corrected chi connectivity index (χ3v) is 5.91. The lowest BCUT2D eigenvalue weighted by molar-refractivity contribution is 0.170. The van der Waals surface area contributed by atoms with Gasteiger partial charge in [-0.2, -0.15) is 0 Å². The van der Waals surface area contributed by atoms with Crippen LogP contribution < -0.4 is 24.3 Å². The van der Waals surface area contributed by atoms with Gasteiger partial charge < -0.3 is 24.3 Å². The van der Waals surface area contributed by atoms with E-state index in [2.05, 4.69) is 40.3 Å². The molecule has 2 aromatic rings. The molecule has 0 spiro atoms. The fourth-order valence-corrected chi connectivity index (χ4v) is 4.60. The number of benzene rings is 2. The third kappa shape index (κ3) is 2.81. The lowest BCUT2D eigenvalue weighted by atomic mass is 9.88. The molecule has 0 aromatic heterocycles. The molecule has 5 nitrogen and oxygen atoms in total. The maximum absolute atomic E-state index is 5.75. The van der Waals surface area contributed by atoms with E-state index in [0.717, 1.165) is 52.2 Å². The molecule has 1 atom stereocenters. The smallest absolute Gasteiger partial charge is 0.231 e. The Kier molecular flexibility index (Phi) is 4.71. The first-order valence-corrected chi connectivity index (χ1v) is 9.48. The number of nitrogens with one attached hydrogen (secondary N) is 1. The molecule has 1 N–H and O–H groups in total. The molecule has 0 saturated carbocycles. The maximum atomic E-state index is 5.75. The van der Waals surface area contributed by atoms with Crippen molar-refractivity contribution in [3.8, 4) is 23.0 Å². The Morgan fingerprint density at radius 3 is 2.73 bits per heavy atom. The van der Waals surface area contributed by atoms with Gasteiger partial charge in [0, 0.05) is 11.6 Å². The number of aryl methyl sites for hydroxylation is 1. The summed E-state index contributed by atoms with van der Waals surface area (Å²) in [5.74, 6) is 3.13. The van der Waals surface area contributed by atoms with Crippen LogP contribution in [0, 0.1) is 6.92 Å². The van der Waals surface area contributed by atoms with Gasteiger partial charge in [0.2, 0.25) is 12.5 Å². The van der Waals surface area contributed by atoms with Gasteiger partial charge in [-0.15, -0.1) is 0 Å². The molecule has 2 aliphatic rings. The third-order valence-electron chi connectivity index (χ3n) is 5.07. The van der Waals surface area contributed by atoms with Crippen LogP contribution in [0.5, 0.6) is 23.0 Å². The SMILES string of the molecule is COc1ccc(CC2NCCc3c(Br)c4c(c(OC)c32)OCO4)cc1C. The van der Waals surface area contributed by atoms with E-state index in [1.807, 2.05) is 6.07 Å². The van der Waals surface area contributed by atoms with Crippen molar-refractivity contribution < 1.29 is 18.9 Å². The minimum atomic E-state index is 0.146. The Morgan fingerprint density at radius 1 is 1.19 bits per heavy atom. The van der Waals surface area contributed by atoms with Crippen LogP contribution in [-0.4, -0.2) is 27.6 Å². The van der Waals surface area contributed by atoms with E-state index in [1.54, 1.807) is 14.2 Å². The van der Waals surface area contributed by atoms with Crippen LogP contribution >= 0.6 is 15.9 Å². The molecule has 2 heterocycles. The highest BCUT2D eigenvalue weighted by Crippen LogP contribution is 2.53. The van der Waals surface area contributed by atoms with Gasteiger partial charge in [-0.05, 0) is 65.0 Å². The van der Waals surface area contributed by atoms with E-state index in [0.29, 0.717) is 5.75 Å². The van der Waals surface area contributed by atoms with Crippen LogP contribution in [0.15, 0.2) is 22.7 Å². The zero-order chi connectivity index (χ0) is 18.3. The zero-order valence-electron chi connectivity index (χ0n) is 15.1. The molecule has 6 heteroatoms. The number of fused-ring (bicyclic) bond motifs is 2. The zero-order valence-corrected chi connectivity index (χ0v) is 16.7. The quantitative estimate of drug-likeness (QED) is 0.813. The molecule has 0 aliphatic carbocycles. The summed E-state index contributed by atoms with van der Waals surface area (Å²) in [6.45, 7) is 3.21. The van der Waals surface area contributed by atoms with Crippen molar-refractivity contribution in [1.82, 2.24) is 5.32 Å². The van der Waals surface area contributed by atoms with Gasteiger partial charge in [0.15, 0.2) is 11.5 Å². The van der Waals surface area contributed by atoms with Crippen LogP contribution in [0.3, 0.4) is 0 Å². The Morgan fingerprint density at radius 2 is 2.00 bits per heavy atom. The van der Waals surface area contributed by atoms with E-state index < -0.39 is 0 Å². The second-order valence-corrected chi connectivity index (χ2v) is 7.36. The van der Waals surface area contributed by atoms with Crippen LogP contribution in [0.4, 0.5) is 0 Å². The standard InChI is InChI=1S/C20H22BrNO4/c1-11-8-12(4-5-15(11)23-2)9-14-16-13(6-7-22-14)17(21)19-20(18(16)24-3)26-10-25-19/h4-5,8,14,22H,6-7,9-10H2,1-3H3. The molecule has 0 fully saturated rings. The molecule has 4 rings (SSSR count). The van der Waals surface area contributed by atoms with E-state index in [1.165, 1.54) is 11.1 Å². The summed E-state index contributed by atoms with van der Waals surface area (Å²) in [6, 6.07) is 6.48. The first-order valence-electron chi connectivity index (χ1n) is 8.68. The lowest BCUT2D eigenvalue weighted by Gasteiger charge is -2.30. The maximum Gasteiger partial charge on any atom is 0.231 e. The molecule has 0 radical (unpaired) electrons. The normalized spacial score (nSPS) is 17.8. The van der Waals surface area contributed by atoms with Crippen molar-refractivity contribution in [1.29, 1.82) is 0 Å². The first-order chi connectivity index (χ1) is 12.6. The lowest BCUT2D eigenvalue weighted by Crippen LogP contribution is -2.32. The molecule has 138 valence electrons. The van der Waals surface area contributed by atoms with E-state index >= 15 is 0 Å². The number of ether oxygens (including phenoxy) is 4. The van der Waals surface area contributed by atoms with Crippen molar-refractivity contribution in [2.45, 2.75) is 25.8 Å². The summed E-state index contributed by atoms with van der Waals surface area (Å²) in [7, 11) is 3.39. The molecule has 0 saturated heterocycles. The van der Waals surface area contributed by atoms with Gasteiger partial charge in [0.25, 0.3) is 0 Å². The summed E-state index contributed by atoms with van der Waals surface area (Å²) in [4.78, 5) is 0. The topological polar surface area (TPSA) is 49.0 Å². The number of halogens is 1. The number of hydrogen-bond donors (Lipinski definition) is 1. The van der Waals surface area contributed by atoms with Gasteiger partial charge in [0.1, 0.15) is 5.75 Å². The summed E-state index contributed by atoms with van der Waals surface area (Å²) in [6.07, 6.45) is 1.78. The van der Waals surface area contributed by atoms with Crippen molar-refractivity contribution >= 4 is 15.9 Å². The van der Waals surface area contributed by atoms with Crippen molar-refractivity contribution in [2.24, 2.45) is 0 Å². The van der Waals surface area contributed by atoms with E-state index in [9.17, 15) is 0 Å². The Hall–Kier alpha value is -1.92. The van der Waals surface area contributed by atoms with Crippen molar-refractivity contribution in [3.05, 3.63) is 44.9 Å². The molecular weight excluding hydrogens is 398 g/mol. The number of rotatable bonds is 4. The average Bonchev–Trinajstić information content (AvgIpc) is 3.13. The van der Waals surface area contributed by atoms with Gasteiger partial charge in [-0.3, -0.25) is 0 Å². The van der Waals surface area contributed by atoms with Crippen LogP contribution in [0.2, 0.25) is 0 Å². The fourth-order valence-electron chi connectivity index (χ4n) is 3.89. The molecule has 2 aliphatic heterocycles. The Bertz CT molecular complexity index is 852. The van der Waals surface area contributed by atoms with Gasteiger partial charge in [0.05, 0.1) is 18.7 Å². The van der Waals surface area contributed by atoms with E-state index in [4.69, 9.17) is 18.9 Å². The molecule has 26 heavy (non-hydrogen) atoms. The summed E-state index contributed by atoms with van der Waals surface area (Å²) in [5.41, 5.74) is 4.78. The molecule has 0 amide bonds. The van der Waals surface area contributed by atoms with Crippen molar-refractivity contribution in [2.75, 3.05) is 27.6 Å². The summed E-state index contributed by atoms with van der Waals surface area (Å²) < 4.78 is 23.5. The van der Waals surface area contributed by atoms with E-state index in [-0.39, 0.29) is 12.8 Å². The van der Waals surface area contributed by atoms with Gasteiger partial charge >= 0.3 is 0 Å². The Labute approximate surface area is 161 Å². The fraction of sp³-hybridized carbons (Fsp3) is 0.400. The molecular formula is C20H22BrNO4. The molecule has 2 aromatic carbocycles. The summed E-state index contributed by atoms with van der Waals surface area (Å²) >= 11 is 3.72. The highest BCUT2D eigenvalue weighted by atomic mass is 79.9. The molecule has 1 unspecified atom stereocenters. The number of hydrogen-bond acceptors (Lipinski definition) is 5.